The van der Waals surface area contributed by atoms with Gasteiger partial charge in [-0.05, 0) is 6.07 Å². The van der Waals surface area contributed by atoms with Crippen molar-refractivity contribution in [1.82, 2.24) is 10.3 Å². The molecule has 7 nitrogen and oxygen atoms in total. The van der Waals surface area contributed by atoms with Gasteiger partial charge in [0.05, 0.1) is 22.5 Å². The number of pyridine rings is 1. The quantitative estimate of drug-likeness (QED) is 0.706. The Balaban J connectivity index is 1.63. The van der Waals surface area contributed by atoms with Crippen LogP contribution in [-0.2, 0) is 0 Å². The van der Waals surface area contributed by atoms with Gasteiger partial charge in [-0.15, -0.1) is 11.3 Å². The highest BCUT2D eigenvalue weighted by molar-refractivity contribution is 8.14. The average Bonchev–Trinajstić information content (AvgIpc) is 3.14. The fourth-order valence-corrected chi connectivity index (χ4v) is 4.66. The third-order valence-corrected chi connectivity index (χ3v) is 6.12. The van der Waals surface area contributed by atoms with Crippen LogP contribution in [0.2, 0.25) is 0 Å². The van der Waals surface area contributed by atoms with Gasteiger partial charge < -0.3 is 16.8 Å². The molecule has 124 valence electrons. The molecular formula is C16H12N6OS2. The number of amidine groups is 1. The molecule has 1 aliphatic carbocycles. The number of nitriles is 1. The highest BCUT2D eigenvalue weighted by Gasteiger charge is 2.29. The van der Waals surface area contributed by atoms with Crippen molar-refractivity contribution < 1.29 is 4.79 Å². The normalized spacial score (nSPS) is 21.0. The molecule has 0 aromatic carbocycles. The second kappa shape index (κ2) is 5.91. The number of nitrogens with one attached hydrogen (secondary N) is 1. The zero-order valence-corrected chi connectivity index (χ0v) is 14.4. The van der Waals surface area contributed by atoms with E-state index in [0.29, 0.717) is 25.9 Å². The number of allylic oxidation sites excluding steroid dienone is 2. The zero-order valence-electron chi connectivity index (χ0n) is 12.8. The Bertz CT molecular complexity index is 1030. The van der Waals surface area contributed by atoms with Crippen LogP contribution in [0.15, 0.2) is 35.4 Å². The van der Waals surface area contributed by atoms with Gasteiger partial charge in [-0.1, -0.05) is 36.1 Å². The van der Waals surface area contributed by atoms with E-state index < -0.39 is 0 Å². The Hall–Kier alpha value is -2.83. The molecule has 0 saturated carbocycles. The molecular weight excluding hydrogens is 356 g/mol. The first-order valence-corrected chi connectivity index (χ1v) is 9.06. The van der Waals surface area contributed by atoms with Gasteiger partial charge in [0, 0.05) is 5.39 Å². The fourth-order valence-electron chi connectivity index (χ4n) is 2.62. The number of carbonyl (C=O) groups excluding carboxylic acids is 1. The number of hydrogen-bond acceptors (Lipinski definition) is 8. The maximum Gasteiger partial charge on any atom is 0.269 e. The lowest BCUT2D eigenvalue weighted by molar-refractivity contribution is 0.0982. The fraction of sp³-hybridized carbons (Fsp3) is 0.125. The lowest BCUT2D eigenvalue weighted by atomic mass is 10.1. The minimum Gasteiger partial charge on any atom is -0.397 e. The second-order valence-corrected chi connectivity index (χ2v) is 7.63. The first-order valence-electron chi connectivity index (χ1n) is 7.36. The molecule has 2 aromatic rings. The van der Waals surface area contributed by atoms with Gasteiger partial charge in [0.1, 0.15) is 21.6 Å². The largest absolute Gasteiger partial charge is 0.397 e. The Morgan fingerprint density at radius 2 is 2.12 bits per heavy atom. The Morgan fingerprint density at radius 1 is 1.32 bits per heavy atom. The minimum atomic E-state index is -0.338. The summed E-state index contributed by atoms with van der Waals surface area (Å²) in [6, 6.07) is 3.57. The number of amides is 1. The van der Waals surface area contributed by atoms with E-state index in [-0.39, 0.29) is 28.6 Å². The summed E-state index contributed by atoms with van der Waals surface area (Å²) in [5.41, 5.74) is 12.4. The summed E-state index contributed by atoms with van der Waals surface area (Å²) in [6.45, 7) is 0. The van der Waals surface area contributed by atoms with Crippen LogP contribution in [0.25, 0.3) is 10.2 Å². The number of nitrogens with two attached hydrogens (primary N) is 2. The molecule has 2 atom stereocenters. The van der Waals surface area contributed by atoms with Gasteiger partial charge in [0.2, 0.25) is 0 Å². The van der Waals surface area contributed by atoms with E-state index in [1.165, 1.54) is 11.8 Å². The van der Waals surface area contributed by atoms with Gasteiger partial charge >= 0.3 is 0 Å². The van der Waals surface area contributed by atoms with Gasteiger partial charge in [-0.2, -0.15) is 5.26 Å². The number of rotatable bonds is 1. The first kappa shape index (κ1) is 15.7. The number of fused-ring (bicyclic) bond motifs is 2. The Kier molecular flexibility index (Phi) is 3.71. The van der Waals surface area contributed by atoms with Crippen molar-refractivity contribution in [2.45, 2.75) is 11.3 Å². The number of carbonyl (C=O) groups is 1. The summed E-state index contributed by atoms with van der Waals surface area (Å²) < 4.78 is 0. The topological polar surface area (TPSA) is 130 Å². The summed E-state index contributed by atoms with van der Waals surface area (Å²) in [5, 5.41) is 13.2. The molecule has 0 bridgehead atoms. The van der Waals surface area contributed by atoms with Crippen LogP contribution in [0.4, 0.5) is 11.5 Å². The molecule has 0 spiro atoms. The van der Waals surface area contributed by atoms with Gasteiger partial charge in [-0.3, -0.25) is 9.79 Å². The first-order chi connectivity index (χ1) is 12.1. The monoisotopic (exact) mass is 368 g/mol. The van der Waals surface area contributed by atoms with Crippen LogP contribution in [0, 0.1) is 11.3 Å². The predicted octanol–water partition coefficient (Wildman–Crippen LogP) is 2.03. The molecule has 0 radical (unpaired) electrons. The number of hydrogen-bond donors (Lipinski definition) is 3. The smallest absolute Gasteiger partial charge is 0.269 e. The van der Waals surface area contributed by atoms with Gasteiger partial charge in [-0.25, -0.2) is 4.98 Å². The highest BCUT2D eigenvalue weighted by Crippen LogP contribution is 2.35. The minimum absolute atomic E-state index is 0.0460. The zero-order chi connectivity index (χ0) is 17.6. The van der Waals surface area contributed by atoms with E-state index >= 15 is 0 Å². The highest BCUT2D eigenvalue weighted by atomic mass is 32.2. The van der Waals surface area contributed by atoms with Crippen LogP contribution >= 0.6 is 23.1 Å². The van der Waals surface area contributed by atoms with E-state index in [9.17, 15) is 4.79 Å². The van der Waals surface area contributed by atoms with Crippen LogP contribution in [-0.4, -0.2) is 27.4 Å². The molecule has 1 aliphatic heterocycles. The number of anilines is 2. The number of aromatic nitrogens is 1. The average molecular weight is 368 g/mol. The maximum absolute atomic E-state index is 12.6. The van der Waals surface area contributed by atoms with Gasteiger partial charge in [0.15, 0.2) is 5.17 Å². The molecule has 9 heteroatoms. The predicted molar refractivity (Wildman–Crippen MR) is 102 cm³/mol. The third-order valence-electron chi connectivity index (χ3n) is 3.87. The number of thiophene rings is 1. The van der Waals surface area contributed by atoms with E-state index in [0.717, 1.165) is 11.3 Å². The lowest BCUT2D eigenvalue weighted by Gasteiger charge is -2.10. The van der Waals surface area contributed by atoms with Crippen molar-refractivity contribution in [2.24, 2.45) is 4.99 Å². The molecule has 4 rings (SSSR count). The van der Waals surface area contributed by atoms with Crippen molar-refractivity contribution >= 4 is 55.9 Å². The van der Waals surface area contributed by atoms with Crippen molar-refractivity contribution in [3.63, 3.8) is 0 Å². The standard InChI is InChI=1S/C16H12N6OS2/c17-6-7-5-8-11(18)12(25-15(8)21-13(7)19)14(23)22-16-20-9-3-1-2-4-10(9)24-16/h1-5,9-10H,18H2,(H2,19,21)(H,20,22,23). The third kappa shape index (κ3) is 2.65. The molecule has 0 saturated heterocycles. The lowest BCUT2D eigenvalue weighted by Crippen LogP contribution is -2.27. The summed E-state index contributed by atoms with van der Waals surface area (Å²) >= 11 is 2.65. The molecule has 25 heavy (non-hydrogen) atoms. The van der Waals surface area contributed by atoms with Crippen molar-refractivity contribution in [2.75, 3.05) is 11.5 Å². The Morgan fingerprint density at radius 3 is 2.88 bits per heavy atom. The van der Waals surface area contributed by atoms with Crippen LogP contribution < -0.4 is 16.8 Å². The van der Waals surface area contributed by atoms with Crippen molar-refractivity contribution in [3.05, 3.63) is 40.8 Å². The Labute approximate surface area is 151 Å². The SMILES string of the molecule is N#Cc1cc2c(N)c(C(=O)NC3=NC4C=CC=CC4S3)sc2nc1N. The van der Waals surface area contributed by atoms with Crippen LogP contribution in [0.1, 0.15) is 15.2 Å². The van der Waals surface area contributed by atoms with Gasteiger partial charge in [0.25, 0.3) is 5.91 Å². The summed E-state index contributed by atoms with van der Waals surface area (Å²) in [5.74, 6) is -0.211. The summed E-state index contributed by atoms with van der Waals surface area (Å²) in [6.07, 6.45) is 7.98. The van der Waals surface area contributed by atoms with E-state index in [4.69, 9.17) is 16.7 Å². The summed E-state index contributed by atoms with van der Waals surface area (Å²) in [7, 11) is 0. The van der Waals surface area contributed by atoms with E-state index in [1.807, 2.05) is 24.3 Å². The number of nitrogen functional groups attached to an aromatic ring is 2. The number of nitrogens with zero attached hydrogens (tertiary/aromatic N) is 3. The van der Waals surface area contributed by atoms with E-state index in [2.05, 4.69) is 21.4 Å². The van der Waals surface area contributed by atoms with Crippen molar-refractivity contribution in [3.8, 4) is 6.07 Å². The maximum atomic E-state index is 12.6. The molecule has 2 unspecified atom stereocenters. The molecule has 5 N–H and O–H groups in total. The number of thioether (sulfide) groups is 1. The molecule has 2 aromatic heterocycles. The second-order valence-electron chi connectivity index (χ2n) is 5.46. The summed E-state index contributed by atoms with van der Waals surface area (Å²) in [4.78, 5) is 22.1. The molecule has 1 amide bonds. The van der Waals surface area contributed by atoms with Crippen molar-refractivity contribution in [1.29, 1.82) is 5.26 Å². The molecule has 2 aliphatic rings. The molecule has 3 heterocycles. The van der Waals surface area contributed by atoms with Crippen LogP contribution in [0.3, 0.4) is 0 Å². The molecule has 0 fully saturated rings. The number of aliphatic imine (C=N–C) groups is 1. The van der Waals surface area contributed by atoms with E-state index in [1.54, 1.807) is 6.07 Å². The van der Waals surface area contributed by atoms with Crippen LogP contribution in [0.5, 0.6) is 0 Å².